The van der Waals surface area contributed by atoms with E-state index in [2.05, 4.69) is 17.6 Å². The third-order valence-corrected chi connectivity index (χ3v) is 4.51. The van der Waals surface area contributed by atoms with E-state index in [1.165, 1.54) is 6.42 Å². The number of hydrogen-bond donors (Lipinski definition) is 2. The van der Waals surface area contributed by atoms with Crippen LogP contribution in [0.2, 0.25) is 0 Å². The number of benzene rings is 1. The molecule has 4 heteroatoms. The summed E-state index contributed by atoms with van der Waals surface area (Å²) in [5.74, 6) is -0.227. The van der Waals surface area contributed by atoms with E-state index in [0.29, 0.717) is 6.54 Å². The third-order valence-electron chi connectivity index (χ3n) is 4.51. The molecule has 2 N–H and O–H groups in total. The Bertz CT molecular complexity index is 479. The maximum Gasteiger partial charge on any atom is 0.309 e. The highest BCUT2D eigenvalue weighted by molar-refractivity contribution is 6.35. The highest BCUT2D eigenvalue weighted by atomic mass is 16.2. The molecule has 0 heterocycles. The Kier molecular flexibility index (Phi) is 6.44. The van der Waals surface area contributed by atoms with Crippen molar-refractivity contribution in [3.63, 3.8) is 0 Å². The molecule has 120 valence electrons. The molecule has 4 nitrogen and oxygen atoms in total. The van der Waals surface area contributed by atoms with Gasteiger partial charge in [0.15, 0.2) is 0 Å². The van der Waals surface area contributed by atoms with Crippen molar-refractivity contribution in [3.8, 4) is 0 Å². The summed E-state index contributed by atoms with van der Waals surface area (Å²) in [6, 6.07) is 10.1. The molecule has 2 rings (SSSR count). The Hall–Kier alpha value is -1.84. The predicted molar refractivity (Wildman–Crippen MR) is 87.3 cm³/mol. The Morgan fingerprint density at radius 3 is 2.36 bits per heavy atom. The number of amides is 2. The third kappa shape index (κ3) is 5.17. The molecule has 0 aliphatic heterocycles. The second-order valence-corrected chi connectivity index (χ2v) is 6.09. The maximum atomic E-state index is 11.9. The van der Waals surface area contributed by atoms with Gasteiger partial charge < -0.3 is 10.6 Å². The lowest BCUT2D eigenvalue weighted by atomic mass is 9.84. The van der Waals surface area contributed by atoms with E-state index in [1.54, 1.807) is 0 Å². The smallest absolute Gasteiger partial charge is 0.309 e. The van der Waals surface area contributed by atoms with Gasteiger partial charge in [-0.1, -0.05) is 43.7 Å². The fourth-order valence-corrected chi connectivity index (χ4v) is 3.01. The quantitative estimate of drug-likeness (QED) is 0.821. The second kappa shape index (κ2) is 8.57. The first-order valence-corrected chi connectivity index (χ1v) is 8.31. The Labute approximate surface area is 132 Å². The van der Waals surface area contributed by atoms with Crippen LogP contribution in [0.3, 0.4) is 0 Å². The molecule has 0 saturated heterocycles. The largest absolute Gasteiger partial charge is 0.348 e. The van der Waals surface area contributed by atoms with Gasteiger partial charge in [0.25, 0.3) is 0 Å². The lowest BCUT2D eigenvalue weighted by Gasteiger charge is -2.28. The molecule has 1 saturated carbocycles. The van der Waals surface area contributed by atoms with Crippen LogP contribution < -0.4 is 10.6 Å². The molecule has 0 spiro atoms. The van der Waals surface area contributed by atoms with Crippen LogP contribution in [0.1, 0.15) is 44.6 Å². The predicted octanol–water partition coefficient (Wildman–Crippen LogP) is 2.43. The molecule has 1 fully saturated rings. The number of hydrogen-bond acceptors (Lipinski definition) is 2. The zero-order valence-electron chi connectivity index (χ0n) is 13.3. The minimum absolute atomic E-state index is 0.162. The van der Waals surface area contributed by atoms with Crippen LogP contribution in [0.4, 0.5) is 0 Å². The van der Waals surface area contributed by atoms with Crippen molar-refractivity contribution >= 4 is 11.8 Å². The number of rotatable bonds is 5. The summed E-state index contributed by atoms with van der Waals surface area (Å²) < 4.78 is 0. The minimum atomic E-state index is -0.520. The molecule has 0 radical (unpaired) electrons. The van der Waals surface area contributed by atoms with Crippen LogP contribution in [0.25, 0.3) is 0 Å². The van der Waals surface area contributed by atoms with Gasteiger partial charge in [-0.3, -0.25) is 9.59 Å². The molecule has 22 heavy (non-hydrogen) atoms. The maximum absolute atomic E-state index is 11.9. The highest BCUT2D eigenvalue weighted by Gasteiger charge is 2.23. The van der Waals surface area contributed by atoms with Gasteiger partial charge in [0.2, 0.25) is 0 Å². The van der Waals surface area contributed by atoms with E-state index < -0.39 is 11.8 Å². The van der Waals surface area contributed by atoms with Crippen LogP contribution in [0, 0.1) is 5.92 Å². The lowest BCUT2D eigenvalue weighted by Crippen LogP contribution is -2.46. The van der Waals surface area contributed by atoms with Crippen molar-refractivity contribution in [2.24, 2.45) is 5.92 Å². The topological polar surface area (TPSA) is 58.2 Å². The summed E-state index contributed by atoms with van der Waals surface area (Å²) in [4.78, 5) is 23.7. The van der Waals surface area contributed by atoms with E-state index >= 15 is 0 Å². The molecule has 1 aromatic carbocycles. The first kappa shape index (κ1) is 16.5. The number of nitrogens with one attached hydrogen (secondary N) is 2. The highest BCUT2D eigenvalue weighted by Crippen LogP contribution is 2.26. The molecule has 0 unspecified atom stereocenters. The molecule has 0 aromatic heterocycles. The van der Waals surface area contributed by atoms with Crippen molar-refractivity contribution in [1.82, 2.24) is 10.6 Å². The van der Waals surface area contributed by atoms with Crippen LogP contribution in [0.15, 0.2) is 30.3 Å². The average molecular weight is 302 g/mol. The first-order valence-electron chi connectivity index (χ1n) is 8.31. The van der Waals surface area contributed by atoms with Crippen LogP contribution in [0.5, 0.6) is 0 Å². The summed E-state index contributed by atoms with van der Waals surface area (Å²) in [5.41, 5.74) is 1.15. The fourth-order valence-electron chi connectivity index (χ4n) is 3.01. The zero-order chi connectivity index (χ0) is 15.8. The lowest BCUT2D eigenvalue weighted by molar-refractivity contribution is -0.139. The van der Waals surface area contributed by atoms with Crippen molar-refractivity contribution < 1.29 is 9.59 Å². The van der Waals surface area contributed by atoms with Crippen LogP contribution >= 0.6 is 0 Å². The van der Waals surface area contributed by atoms with Gasteiger partial charge in [-0.15, -0.1) is 0 Å². The van der Waals surface area contributed by atoms with Crippen LogP contribution in [-0.2, 0) is 16.0 Å². The second-order valence-electron chi connectivity index (χ2n) is 6.09. The summed E-state index contributed by atoms with van der Waals surface area (Å²) in [7, 11) is 0. The van der Waals surface area contributed by atoms with Gasteiger partial charge in [0, 0.05) is 12.6 Å². The monoisotopic (exact) mass is 302 g/mol. The van der Waals surface area contributed by atoms with Gasteiger partial charge in [-0.2, -0.15) is 0 Å². The van der Waals surface area contributed by atoms with E-state index in [-0.39, 0.29) is 6.04 Å². The molecule has 1 aliphatic rings. The van der Waals surface area contributed by atoms with Crippen molar-refractivity contribution in [2.75, 3.05) is 6.54 Å². The van der Waals surface area contributed by atoms with E-state index in [0.717, 1.165) is 43.6 Å². The zero-order valence-corrected chi connectivity index (χ0v) is 13.3. The minimum Gasteiger partial charge on any atom is -0.348 e. The molecule has 0 bridgehead atoms. The van der Waals surface area contributed by atoms with Gasteiger partial charge in [0.05, 0.1) is 0 Å². The Morgan fingerprint density at radius 1 is 1.05 bits per heavy atom. The molecule has 2 amide bonds. The summed E-state index contributed by atoms with van der Waals surface area (Å²) in [5, 5.41) is 5.55. The summed E-state index contributed by atoms with van der Waals surface area (Å²) in [6.07, 6.45) is 6.22. The Balaban J connectivity index is 1.66. The van der Waals surface area contributed by atoms with Crippen molar-refractivity contribution in [2.45, 2.75) is 51.5 Å². The average Bonchev–Trinajstić information content (AvgIpc) is 2.56. The molecular weight excluding hydrogens is 276 g/mol. The van der Waals surface area contributed by atoms with Gasteiger partial charge >= 0.3 is 11.8 Å². The van der Waals surface area contributed by atoms with Gasteiger partial charge in [-0.25, -0.2) is 0 Å². The molecule has 1 aliphatic carbocycles. The SMILES string of the molecule is CCC1CCC(NC(=O)C(=O)NCCc2ccccc2)CC1. The van der Waals surface area contributed by atoms with Crippen molar-refractivity contribution in [1.29, 1.82) is 0 Å². The van der Waals surface area contributed by atoms with E-state index in [4.69, 9.17) is 0 Å². The van der Waals surface area contributed by atoms with Gasteiger partial charge in [-0.05, 0) is 43.6 Å². The fraction of sp³-hybridized carbons (Fsp3) is 0.556. The van der Waals surface area contributed by atoms with Crippen molar-refractivity contribution in [3.05, 3.63) is 35.9 Å². The van der Waals surface area contributed by atoms with E-state index in [9.17, 15) is 9.59 Å². The summed E-state index contributed by atoms with van der Waals surface area (Å²) in [6.45, 7) is 2.70. The molecule has 0 atom stereocenters. The summed E-state index contributed by atoms with van der Waals surface area (Å²) >= 11 is 0. The number of carbonyl (C=O) groups is 2. The normalized spacial score (nSPS) is 21.1. The number of carbonyl (C=O) groups excluding carboxylic acids is 2. The molecular formula is C18H26N2O2. The van der Waals surface area contributed by atoms with Crippen LogP contribution in [-0.4, -0.2) is 24.4 Å². The molecule has 1 aromatic rings. The standard InChI is InChI=1S/C18H26N2O2/c1-2-14-8-10-16(11-9-14)20-18(22)17(21)19-13-12-15-6-4-3-5-7-15/h3-7,14,16H,2,8-13H2,1H3,(H,19,21)(H,20,22). The Morgan fingerprint density at radius 2 is 1.73 bits per heavy atom. The van der Waals surface area contributed by atoms with Gasteiger partial charge in [0.1, 0.15) is 0 Å². The van der Waals surface area contributed by atoms with E-state index in [1.807, 2.05) is 30.3 Å². The first-order chi connectivity index (χ1) is 10.7.